The van der Waals surface area contributed by atoms with Gasteiger partial charge in [0.15, 0.2) is 0 Å². The van der Waals surface area contributed by atoms with E-state index in [9.17, 15) is 4.79 Å². The van der Waals surface area contributed by atoms with Crippen LogP contribution in [0.1, 0.15) is 25.3 Å². The zero-order chi connectivity index (χ0) is 13.7. The van der Waals surface area contributed by atoms with Gasteiger partial charge in [-0.25, -0.2) is 0 Å². The van der Waals surface area contributed by atoms with Crippen molar-refractivity contribution in [1.29, 1.82) is 0 Å². The number of esters is 1. The molecular formula is C17H18O2. The summed E-state index contributed by atoms with van der Waals surface area (Å²) in [6.07, 6.45) is 1.24. The summed E-state index contributed by atoms with van der Waals surface area (Å²) in [6, 6.07) is 15.8. The second kappa shape index (κ2) is 6.19. The smallest absolute Gasteiger partial charge is 0.311 e. The fourth-order valence-corrected chi connectivity index (χ4v) is 2.08. The van der Waals surface area contributed by atoms with Gasteiger partial charge in [-0.15, -0.1) is 0 Å². The van der Waals surface area contributed by atoms with Crippen LogP contribution in [-0.4, -0.2) is 5.97 Å². The highest BCUT2D eigenvalue weighted by atomic mass is 16.5. The molecule has 0 aromatic heterocycles. The van der Waals surface area contributed by atoms with E-state index in [0.29, 0.717) is 12.2 Å². The molecule has 0 unspecified atom stereocenters. The van der Waals surface area contributed by atoms with E-state index in [1.807, 2.05) is 62.4 Å². The maximum atomic E-state index is 11.7. The van der Waals surface area contributed by atoms with Crippen molar-refractivity contribution in [2.45, 2.75) is 26.7 Å². The lowest BCUT2D eigenvalue weighted by atomic mass is 9.99. The monoisotopic (exact) mass is 254 g/mol. The summed E-state index contributed by atoms with van der Waals surface area (Å²) in [6.45, 7) is 4.00. The summed E-state index contributed by atoms with van der Waals surface area (Å²) in [7, 11) is 0. The molecule has 19 heavy (non-hydrogen) atoms. The number of ether oxygens (including phenoxy) is 1. The van der Waals surface area contributed by atoms with Crippen molar-refractivity contribution < 1.29 is 9.53 Å². The third kappa shape index (κ3) is 3.22. The van der Waals surface area contributed by atoms with Gasteiger partial charge in [0.1, 0.15) is 5.75 Å². The summed E-state index contributed by atoms with van der Waals surface area (Å²) >= 11 is 0. The van der Waals surface area contributed by atoms with Gasteiger partial charge in [-0.2, -0.15) is 0 Å². The van der Waals surface area contributed by atoms with E-state index in [-0.39, 0.29) is 5.97 Å². The van der Waals surface area contributed by atoms with Gasteiger partial charge in [0.2, 0.25) is 0 Å². The predicted octanol–water partition coefficient (Wildman–Crippen LogP) is 4.37. The van der Waals surface area contributed by atoms with E-state index in [0.717, 1.165) is 23.1 Å². The molecule has 2 aromatic carbocycles. The largest absolute Gasteiger partial charge is 0.426 e. The SMILES string of the molecule is CCCC(=O)Oc1cccc(C)c1-c1ccccc1. The molecule has 0 aliphatic heterocycles. The van der Waals surface area contributed by atoms with Crippen LogP contribution >= 0.6 is 0 Å². The zero-order valence-corrected chi connectivity index (χ0v) is 11.3. The van der Waals surface area contributed by atoms with Crippen LogP contribution in [0, 0.1) is 6.92 Å². The number of carbonyl (C=O) groups excluding carboxylic acids is 1. The molecule has 0 amide bonds. The molecule has 0 fully saturated rings. The van der Waals surface area contributed by atoms with Crippen molar-refractivity contribution in [2.75, 3.05) is 0 Å². The Bertz CT molecular complexity index is 559. The molecule has 0 spiro atoms. The lowest BCUT2D eigenvalue weighted by Gasteiger charge is -2.12. The lowest BCUT2D eigenvalue weighted by Crippen LogP contribution is -2.08. The molecule has 0 aliphatic carbocycles. The van der Waals surface area contributed by atoms with Crippen LogP contribution in [0.2, 0.25) is 0 Å². The van der Waals surface area contributed by atoms with E-state index < -0.39 is 0 Å². The van der Waals surface area contributed by atoms with Crippen LogP contribution in [0.5, 0.6) is 5.75 Å². The number of rotatable bonds is 4. The first-order valence-corrected chi connectivity index (χ1v) is 6.58. The zero-order valence-electron chi connectivity index (χ0n) is 11.3. The van der Waals surface area contributed by atoms with Crippen molar-refractivity contribution >= 4 is 5.97 Å². The topological polar surface area (TPSA) is 26.3 Å². The molecule has 0 heterocycles. The molecule has 0 saturated heterocycles. The van der Waals surface area contributed by atoms with Gasteiger partial charge in [0.25, 0.3) is 0 Å². The summed E-state index contributed by atoms with van der Waals surface area (Å²) in [5, 5.41) is 0. The molecule has 2 rings (SSSR count). The van der Waals surface area contributed by atoms with Gasteiger partial charge in [0.05, 0.1) is 0 Å². The highest BCUT2D eigenvalue weighted by molar-refractivity contribution is 5.79. The van der Waals surface area contributed by atoms with Crippen LogP contribution in [-0.2, 0) is 4.79 Å². The molecule has 2 aromatic rings. The van der Waals surface area contributed by atoms with Crippen molar-refractivity contribution in [1.82, 2.24) is 0 Å². The van der Waals surface area contributed by atoms with Crippen molar-refractivity contribution in [3.05, 3.63) is 54.1 Å². The minimum Gasteiger partial charge on any atom is -0.426 e. The van der Waals surface area contributed by atoms with Gasteiger partial charge in [-0.1, -0.05) is 49.4 Å². The highest BCUT2D eigenvalue weighted by Crippen LogP contribution is 2.33. The van der Waals surface area contributed by atoms with Crippen molar-refractivity contribution in [3.63, 3.8) is 0 Å². The highest BCUT2D eigenvalue weighted by Gasteiger charge is 2.12. The Balaban J connectivity index is 2.39. The van der Waals surface area contributed by atoms with Crippen LogP contribution in [0.4, 0.5) is 0 Å². The van der Waals surface area contributed by atoms with E-state index in [1.165, 1.54) is 0 Å². The Kier molecular flexibility index (Phi) is 4.35. The fourth-order valence-electron chi connectivity index (χ4n) is 2.08. The molecule has 98 valence electrons. The van der Waals surface area contributed by atoms with Crippen molar-refractivity contribution in [3.8, 4) is 16.9 Å². The van der Waals surface area contributed by atoms with E-state index >= 15 is 0 Å². The normalized spacial score (nSPS) is 10.2. The first-order valence-electron chi connectivity index (χ1n) is 6.58. The number of hydrogen-bond donors (Lipinski definition) is 0. The number of benzene rings is 2. The molecule has 0 aliphatic rings. The maximum Gasteiger partial charge on any atom is 0.311 e. The Hall–Kier alpha value is -2.09. The van der Waals surface area contributed by atoms with E-state index in [2.05, 4.69) is 0 Å². The first-order chi connectivity index (χ1) is 9.22. The average molecular weight is 254 g/mol. The van der Waals surface area contributed by atoms with Gasteiger partial charge >= 0.3 is 5.97 Å². The average Bonchev–Trinajstić information content (AvgIpc) is 2.40. The third-order valence-electron chi connectivity index (χ3n) is 2.97. The molecule has 2 heteroatoms. The lowest BCUT2D eigenvalue weighted by molar-refractivity contribution is -0.134. The summed E-state index contributed by atoms with van der Waals surface area (Å²) < 4.78 is 5.48. The minimum atomic E-state index is -0.176. The van der Waals surface area contributed by atoms with Gasteiger partial charge in [-0.3, -0.25) is 4.79 Å². The molecule has 0 saturated carbocycles. The van der Waals surface area contributed by atoms with Crippen molar-refractivity contribution in [2.24, 2.45) is 0 Å². The summed E-state index contributed by atoms with van der Waals surface area (Å²) in [4.78, 5) is 11.7. The Morgan fingerprint density at radius 1 is 1.05 bits per heavy atom. The van der Waals surface area contributed by atoms with Crippen LogP contribution in [0.25, 0.3) is 11.1 Å². The minimum absolute atomic E-state index is 0.176. The molecule has 0 bridgehead atoms. The maximum absolute atomic E-state index is 11.7. The first kappa shape index (κ1) is 13.3. The van der Waals surface area contributed by atoms with Gasteiger partial charge in [-0.05, 0) is 30.5 Å². The Morgan fingerprint density at radius 3 is 2.47 bits per heavy atom. The Morgan fingerprint density at radius 2 is 1.79 bits per heavy atom. The second-order valence-electron chi connectivity index (χ2n) is 4.54. The fraction of sp³-hybridized carbons (Fsp3) is 0.235. The van der Waals surface area contributed by atoms with Crippen LogP contribution in [0.15, 0.2) is 48.5 Å². The molecule has 0 radical (unpaired) electrons. The Labute approximate surface area is 114 Å². The van der Waals surface area contributed by atoms with Gasteiger partial charge in [0, 0.05) is 12.0 Å². The number of aryl methyl sites for hydroxylation is 1. The van der Waals surface area contributed by atoms with Crippen LogP contribution in [0.3, 0.4) is 0 Å². The molecular weight excluding hydrogens is 236 g/mol. The van der Waals surface area contributed by atoms with Gasteiger partial charge < -0.3 is 4.74 Å². The number of carbonyl (C=O) groups is 1. The van der Waals surface area contributed by atoms with Crippen LogP contribution < -0.4 is 4.74 Å². The quantitative estimate of drug-likeness (QED) is 0.598. The molecule has 0 atom stereocenters. The van der Waals surface area contributed by atoms with E-state index in [4.69, 9.17) is 4.74 Å². The standard InChI is InChI=1S/C17H18O2/c1-3-8-16(18)19-15-12-7-9-13(2)17(15)14-10-5-4-6-11-14/h4-7,9-12H,3,8H2,1-2H3. The third-order valence-corrected chi connectivity index (χ3v) is 2.97. The molecule has 2 nitrogen and oxygen atoms in total. The second-order valence-corrected chi connectivity index (χ2v) is 4.54. The summed E-state index contributed by atoms with van der Waals surface area (Å²) in [5.74, 6) is 0.468. The molecule has 0 N–H and O–H groups in total. The number of hydrogen-bond acceptors (Lipinski definition) is 2. The summed E-state index contributed by atoms with van der Waals surface area (Å²) in [5.41, 5.74) is 3.17. The van der Waals surface area contributed by atoms with E-state index in [1.54, 1.807) is 0 Å². The predicted molar refractivity (Wildman–Crippen MR) is 77.2 cm³/mol.